The average Bonchev–Trinajstić information content (AvgIpc) is 2.75. The number of anilines is 2. The van der Waals surface area contributed by atoms with E-state index < -0.39 is 33.1 Å². The van der Waals surface area contributed by atoms with Crippen LogP contribution in [-0.4, -0.2) is 75.6 Å². The first kappa shape index (κ1) is 24.6. The highest BCUT2D eigenvalue weighted by Gasteiger charge is 2.40. The summed E-state index contributed by atoms with van der Waals surface area (Å²) in [6, 6.07) is 0.942. The van der Waals surface area contributed by atoms with E-state index in [1.807, 2.05) is 11.8 Å². The largest absolute Gasteiger partial charge is 0.449 e. The predicted octanol–water partition coefficient (Wildman–Crippen LogP) is 3.04. The molecule has 2 fully saturated rings. The molecule has 0 atom stereocenters. The van der Waals surface area contributed by atoms with Gasteiger partial charge in [0.05, 0.1) is 19.8 Å². The molecule has 1 saturated heterocycles. The topological polar surface area (TPSA) is 102 Å². The summed E-state index contributed by atoms with van der Waals surface area (Å²) in [5, 5.41) is -0.427. The summed E-state index contributed by atoms with van der Waals surface area (Å²) in [6.45, 7) is 4.02. The number of ether oxygens (including phenoxy) is 2. The molecule has 1 aliphatic carbocycles. The number of carbonyl (C=O) groups excluding carboxylic acids is 1. The number of amides is 1. The molecule has 1 aliphatic heterocycles. The van der Waals surface area contributed by atoms with Crippen LogP contribution in [0.2, 0.25) is 0 Å². The van der Waals surface area contributed by atoms with Crippen molar-refractivity contribution in [2.45, 2.75) is 62.6 Å². The number of aromatic nitrogens is 2. The van der Waals surface area contributed by atoms with Crippen LogP contribution in [0.1, 0.15) is 45.4 Å². The van der Waals surface area contributed by atoms with Gasteiger partial charge in [0, 0.05) is 44.3 Å². The molecule has 12 heteroatoms. The van der Waals surface area contributed by atoms with Gasteiger partial charge in [-0.1, -0.05) is 13.3 Å². The lowest BCUT2D eigenvalue weighted by atomic mass is 9.91. The molecule has 3 rings (SSSR count). The van der Waals surface area contributed by atoms with Crippen LogP contribution < -0.4 is 9.80 Å². The first-order chi connectivity index (χ1) is 15.1. The lowest BCUT2D eigenvalue weighted by Gasteiger charge is -2.36. The van der Waals surface area contributed by atoms with Crippen LogP contribution in [0.4, 0.5) is 25.2 Å². The Labute approximate surface area is 187 Å². The van der Waals surface area contributed by atoms with Crippen molar-refractivity contribution in [1.29, 1.82) is 0 Å². The van der Waals surface area contributed by atoms with Gasteiger partial charge in [-0.2, -0.15) is 0 Å². The summed E-state index contributed by atoms with van der Waals surface area (Å²) in [5.41, 5.74) is 0. The number of sulfone groups is 1. The van der Waals surface area contributed by atoms with Gasteiger partial charge in [-0.3, -0.25) is 4.90 Å². The quantitative estimate of drug-likeness (QED) is 0.437. The van der Waals surface area contributed by atoms with Crippen LogP contribution in [0.5, 0.6) is 0 Å². The Morgan fingerprint density at radius 1 is 1.28 bits per heavy atom. The number of hydrogen-bond acceptors (Lipinski definition) is 8. The molecule has 0 radical (unpaired) electrons. The van der Waals surface area contributed by atoms with Gasteiger partial charge in [0.25, 0.3) is 5.16 Å². The number of unbranched alkanes of at least 4 members (excludes halogenated alkanes) is 1. The molecule has 0 aromatic carbocycles. The van der Waals surface area contributed by atoms with Crippen LogP contribution in [0, 0.1) is 0 Å². The van der Waals surface area contributed by atoms with Gasteiger partial charge in [0.2, 0.25) is 15.8 Å². The van der Waals surface area contributed by atoms with Crippen molar-refractivity contribution in [2.75, 3.05) is 49.0 Å². The Morgan fingerprint density at radius 3 is 2.53 bits per heavy atom. The molecule has 1 aromatic heterocycles. The van der Waals surface area contributed by atoms with Gasteiger partial charge in [0.1, 0.15) is 11.6 Å². The van der Waals surface area contributed by atoms with Crippen LogP contribution in [-0.2, 0) is 19.3 Å². The molecule has 0 unspecified atom stereocenters. The van der Waals surface area contributed by atoms with Gasteiger partial charge in [-0.25, -0.2) is 32.0 Å². The summed E-state index contributed by atoms with van der Waals surface area (Å²) in [6.07, 6.45) is 1.12. The van der Waals surface area contributed by atoms with E-state index in [2.05, 4.69) is 9.97 Å². The number of morpholine rings is 1. The zero-order valence-corrected chi connectivity index (χ0v) is 19.2. The molecule has 2 heterocycles. The number of alkyl halides is 2. The number of carbonyl (C=O) groups is 1. The van der Waals surface area contributed by atoms with Crippen molar-refractivity contribution in [3.8, 4) is 0 Å². The third-order valence-electron chi connectivity index (χ3n) is 5.56. The van der Waals surface area contributed by atoms with Crippen molar-refractivity contribution in [3.05, 3.63) is 6.07 Å². The van der Waals surface area contributed by atoms with Gasteiger partial charge < -0.3 is 14.4 Å². The maximum absolute atomic E-state index is 13.8. The third kappa shape index (κ3) is 6.25. The number of halogens is 2. The van der Waals surface area contributed by atoms with Crippen LogP contribution in [0.3, 0.4) is 0 Å². The fourth-order valence-electron chi connectivity index (χ4n) is 3.73. The number of hydrogen-bond donors (Lipinski definition) is 0. The van der Waals surface area contributed by atoms with E-state index in [-0.39, 0.29) is 38.1 Å². The molecule has 0 spiro atoms. The van der Waals surface area contributed by atoms with E-state index in [9.17, 15) is 22.0 Å². The van der Waals surface area contributed by atoms with Gasteiger partial charge in [0.15, 0.2) is 0 Å². The fourth-order valence-corrected chi connectivity index (χ4v) is 4.25. The van der Waals surface area contributed by atoms with Crippen molar-refractivity contribution >= 4 is 27.6 Å². The standard InChI is InChI=1S/C20H30F2N4O5S/c1-3-4-11-31-19(27)26(15-5-7-20(21,22)8-6-15)17-14-16(25-9-12-30-13-10-25)23-18(24-17)32(2,28)29/h14-15H,3-13H2,1-2H3. The molecule has 1 amide bonds. The maximum atomic E-state index is 13.8. The molecule has 32 heavy (non-hydrogen) atoms. The second-order valence-electron chi connectivity index (χ2n) is 8.16. The SMILES string of the molecule is CCCCOC(=O)N(c1cc(N2CCOCC2)nc(S(C)(=O)=O)n1)C1CCC(F)(F)CC1. The van der Waals surface area contributed by atoms with E-state index in [1.54, 1.807) is 0 Å². The minimum Gasteiger partial charge on any atom is -0.449 e. The monoisotopic (exact) mass is 476 g/mol. The normalized spacial score (nSPS) is 19.6. The summed E-state index contributed by atoms with van der Waals surface area (Å²) in [7, 11) is -3.79. The summed E-state index contributed by atoms with van der Waals surface area (Å²) >= 11 is 0. The fraction of sp³-hybridized carbons (Fsp3) is 0.750. The van der Waals surface area contributed by atoms with E-state index in [0.717, 1.165) is 12.7 Å². The smallest absolute Gasteiger partial charge is 0.415 e. The molecule has 9 nitrogen and oxygen atoms in total. The molecular weight excluding hydrogens is 446 g/mol. The lowest BCUT2D eigenvalue weighted by molar-refractivity contribution is -0.0381. The van der Waals surface area contributed by atoms with Crippen molar-refractivity contribution in [3.63, 3.8) is 0 Å². The number of nitrogens with zero attached hydrogens (tertiary/aromatic N) is 4. The van der Waals surface area contributed by atoms with Crippen LogP contribution in [0.25, 0.3) is 0 Å². The second-order valence-corrected chi connectivity index (χ2v) is 10.1. The Morgan fingerprint density at radius 2 is 1.94 bits per heavy atom. The summed E-state index contributed by atoms with van der Waals surface area (Å²) in [4.78, 5) is 24.4. The van der Waals surface area contributed by atoms with Crippen LogP contribution >= 0.6 is 0 Å². The second kappa shape index (κ2) is 10.2. The van der Waals surface area contributed by atoms with E-state index in [4.69, 9.17) is 9.47 Å². The molecule has 0 N–H and O–H groups in total. The van der Waals surface area contributed by atoms with Crippen molar-refractivity contribution in [2.24, 2.45) is 0 Å². The van der Waals surface area contributed by atoms with Gasteiger partial charge >= 0.3 is 6.09 Å². The highest BCUT2D eigenvalue weighted by atomic mass is 32.2. The van der Waals surface area contributed by atoms with E-state index >= 15 is 0 Å². The summed E-state index contributed by atoms with van der Waals surface area (Å²) < 4.78 is 62.8. The molecule has 0 bridgehead atoms. The molecular formula is C20H30F2N4O5S. The van der Waals surface area contributed by atoms with Crippen molar-refractivity contribution in [1.82, 2.24) is 9.97 Å². The first-order valence-corrected chi connectivity index (χ1v) is 12.8. The highest BCUT2D eigenvalue weighted by Crippen LogP contribution is 2.37. The average molecular weight is 477 g/mol. The van der Waals surface area contributed by atoms with E-state index in [1.165, 1.54) is 11.0 Å². The maximum Gasteiger partial charge on any atom is 0.415 e. The minimum atomic E-state index is -3.79. The molecule has 2 aliphatic rings. The van der Waals surface area contributed by atoms with Gasteiger partial charge in [-0.15, -0.1) is 0 Å². The Hall–Kier alpha value is -2.08. The molecule has 1 aromatic rings. The zero-order valence-electron chi connectivity index (χ0n) is 18.4. The van der Waals surface area contributed by atoms with Crippen molar-refractivity contribution < 1.29 is 31.5 Å². The zero-order chi connectivity index (χ0) is 23.4. The predicted molar refractivity (Wildman–Crippen MR) is 114 cm³/mol. The molecule has 1 saturated carbocycles. The first-order valence-electron chi connectivity index (χ1n) is 10.9. The highest BCUT2D eigenvalue weighted by molar-refractivity contribution is 7.90. The lowest BCUT2D eigenvalue weighted by Crippen LogP contribution is -2.45. The Bertz CT molecular complexity index is 899. The third-order valence-corrected chi connectivity index (χ3v) is 6.41. The van der Waals surface area contributed by atoms with Gasteiger partial charge in [-0.05, 0) is 19.3 Å². The summed E-state index contributed by atoms with van der Waals surface area (Å²) in [5.74, 6) is -2.40. The Balaban J connectivity index is 2.00. The molecule has 180 valence electrons. The minimum absolute atomic E-state index is 0.0404. The van der Waals surface area contributed by atoms with E-state index in [0.29, 0.717) is 38.5 Å². The van der Waals surface area contributed by atoms with Crippen LogP contribution in [0.15, 0.2) is 11.2 Å². The Kier molecular flexibility index (Phi) is 7.86. The number of rotatable bonds is 7.